The third-order valence-electron chi connectivity index (χ3n) is 6.69. The molecule has 12 nitrogen and oxygen atoms in total. The Balaban J connectivity index is 1.56. The number of rotatable bonds is 9. The van der Waals surface area contributed by atoms with Crippen LogP contribution in [0.3, 0.4) is 0 Å². The molecule has 0 saturated carbocycles. The molecule has 0 aliphatic carbocycles. The summed E-state index contributed by atoms with van der Waals surface area (Å²) in [5, 5.41) is 2.98. The molecular formula is C24H37N7O5S. The van der Waals surface area contributed by atoms with E-state index >= 15 is 0 Å². The van der Waals surface area contributed by atoms with Crippen LogP contribution in [0.4, 0.5) is 0 Å². The van der Waals surface area contributed by atoms with Crippen molar-refractivity contribution in [1.29, 1.82) is 0 Å². The van der Waals surface area contributed by atoms with Crippen LogP contribution in [0.1, 0.15) is 31.2 Å². The topological polar surface area (TPSA) is 180 Å². The Morgan fingerprint density at radius 1 is 1.11 bits per heavy atom. The molecule has 2 atom stereocenters. The number of nitrogens with two attached hydrogens (primary N) is 2. The van der Waals surface area contributed by atoms with Crippen molar-refractivity contribution in [2.75, 3.05) is 39.0 Å². The van der Waals surface area contributed by atoms with Crippen LogP contribution >= 0.6 is 0 Å². The summed E-state index contributed by atoms with van der Waals surface area (Å²) in [5.74, 6) is -0.727. The van der Waals surface area contributed by atoms with Crippen molar-refractivity contribution in [2.45, 2.75) is 44.2 Å². The number of nitrogens with one attached hydrogen (secondary N) is 2. The van der Waals surface area contributed by atoms with Gasteiger partial charge in [-0.05, 0) is 43.6 Å². The van der Waals surface area contributed by atoms with Crippen LogP contribution in [0.15, 0.2) is 35.3 Å². The Morgan fingerprint density at radius 3 is 2.41 bits per heavy atom. The number of carbonyl (C=O) groups excluding carboxylic acids is 3. The van der Waals surface area contributed by atoms with Gasteiger partial charge < -0.3 is 26.6 Å². The van der Waals surface area contributed by atoms with Crippen molar-refractivity contribution in [3.05, 3.63) is 35.9 Å². The minimum absolute atomic E-state index is 0.158. The molecule has 2 fully saturated rings. The fourth-order valence-corrected chi connectivity index (χ4v) is 5.46. The van der Waals surface area contributed by atoms with Gasteiger partial charge in [-0.2, -0.15) is 4.99 Å². The summed E-state index contributed by atoms with van der Waals surface area (Å²) in [6.07, 6.45) is 3.93. The minimum Gasteiger partial charge on any atom is -0.369 e. The first-order valence-electron chi connectivity index (χ1n) is 12.5. The van der Waals surface area contributed by atoms with Gasteiger partial charge in [0.05, 0.1) is 12.8 Å². The summed E-state index contributed by atoms with van der Waals surface area (Å²) >= 11 is 0. The van der Waals surface area contributed by atoms with Crippen molar-refractivity contribution in [2.24, 2.45) is 22.4 Å². The molecule has 3 rings (SSSR count). The summed E-state index contributed by atoms with van der Waals surface area (Å²) in [6.45, 7) is 1.88. The number of hydrogen-bond donors (Lipinski definition) is 4. The third kappa shape index (κ3) is 8.51. The molecule has 0 spiro atoms. The number of likely N-dealkylation sites (tertiary alicyclic amines) is 2. The van der Waals surface area contributed by atoms with E-state index in [1.165, 1.54) is 4.90 Å². The molecule has 0 bridgehead atoms. The van der Waals surface area contributed by atoms with Crippen molar-refractivity contribution >= 4 is 33.7 Å². The first-order valence-corrected chi connectivity index (χ1v) is 14.4. The molecule has 2 aliphatic heterocycles. The quantitative estimate of drug-likeness (QED) is 0.224. The second-order valence-electron chi connectivity index (χ2n) is 9.57. The molecular weight excluding hydrogens is 498 g/mol. The van der Waals surface area contributed by atoms with Crippen molar-refractivity contribution in [3.63, 3.8) is 0 Å². The molecule has 0 unspecified atom stereocenters. The van der Waals surface area contributed by atoms with Gasteiger partial charge in [0.15, 0.2) is 5.96 Å². The molecule has 204 valence electrons. The largest absolute Gasteiger partial charge is 0.369 e. The zero-order valence-electron chi connectivity index (χ0n) is 21.1. The SMILES string of the molecule is CS(=O)(=O)N[C@H](Cc1ccccc1)C(=O)N1CCC[C@H]1C(=O)NCC1CCN(/C(N)=N\C(=O)CN)CC1. The van der Waals surface area contributed by atoms with Crippen LogP contribution in [-0.4, -0.2) is 93.0 Å². The van der Waals surface area contributed by atoms with E-state index in [1.54, 1.807) is 0 Å². The summed E-state index contributed by atoms with van der Waals surface area (Å²) in [6, 6.07) is 7.54. The van der Waals surface area contributed by atoms with E-state index in [0.717, 1.165) is 24.7 Å². The predicted octanol–water partition coefficient (Wildman–Crippen LogP) is -1.23. The normalized spacial score (nSPS) is 20.1. The third-order valence-corrected chi connectivity index (χ3v) is 7.41. The Hall–Kier alpha value is -3.03. The molecule has 2 heterocycles. The fourth-order valence-electron chi connectivity index (χ4n) is 4.76. The molecule has 1 aromatic carbocycles. The number of piperidine rings is 1. The zero-order chi connectivity index (χ0) is 27.0. The van der Waals surface area contributed by atoms with Crippen LogP contribution in [0, 0.1) is 5.92 Å². The highest BCUT2D eigenvalue weighted by molar-refractivity contribution is 7.88. The van der Waals surface area contributed by atoms with E-state index in [9.17, 15) is 22.8 Å². The molecule has 0 radical (unpaired) electrons. The maximum Gasteiger partial charge on any atom is 0.262 e. The number of amides is 3. The number of sulfonamides is 1. The maximum absolute atomic E-state index is 13.4. The van der Waals surface area contributed by atoms with Gasteiger partial charge >= 0.3 is 0 Å². The van der Waals surface area contributed by atoms with Crippen LogP contribution in [-0.2, 0) is 30.8 Å². The van der Waals surface area contributed by atoms with Crippen molar-refractivity contribution in [1.82, 2.24) is 19.8 Å². The highest BCUT2D eigenvalue weighted by Crippen LogP contribution is 2.21. The van der Waals surface area contributed by atoms with Gasteiger partial charge in [0.25, 0.3) is 5.91 Å². The Morgan fingerprint density at radius 2 is 1.78 bits per heavy atom. The lowest BCUT2D eigenvalue weighted by molar-refractivity contribution is -0.139. The predicted molar refractivity (Wildman–Crippen MR) is 140 cm³/mol. The second kappa shape index (κ2) is 13.0. The first-order chi connectivity index (χ1) is 17.6. The number of guanidine groups is 1. The standard InChI is InChI=1S/C24H37N7O5S/c1-37(35,36)29-19(14-17-6-3-2-4-7-17)23(34)31-11-5-8-20(31)22(33)27-16-18-9-12-30(13-10-18)24(26)28-21(32)15-25/h2-4,6-7,18-20,29H,5,8-16,25H2,1H3,(H,27,33)(H2,26,28,32)/t19-,20+/m1/s1. The monoisotopic (exact) mass is 535 g/mol. The maximum atomic E-state index is 13.4. The van der Waals surface area contributed by atoms with Crippen molar-refractivity contribution in [3.8, 4) is 0 Å². The van der Waals surface area contributed by atoms with Gasteiger partial charge in [-0.25, -0.2) is 13.1 Å². The van der Waals surface area contributed by atoms with Gasteiger partial charge in [-0.15, -0.1) is 0 Å². The Bertz CT molecular complexity index is 1090. The van der Waals surface area contributed by atoms with Crippen LogP contribution < -0.4 is 21.5 Å². The highest BCUT2D eigenvalue weighted by atomic mass is 32.2. The average molecular weight is 536 g/mol. The van der Waals surface area contributed by atoms with Gasteiger partial charge in [0, 0.05) is 26.2 Å². The van der Waals surface area contributed by atoms with Crippen LogP contribution in [0.5, 0.6) is 0 Å². The summed E-state index contributed by atoms with van der Waals surface area (Å²) in [5.41, 5.74) is 12.0. The lowest BCUT2D eigenvalue weighted by Crippen LogP contribution is -2.54. The summed E-state index contributed by atoms with van der Waals surface area (Å²) in [7, 11) is -3.64. The number of carbonyl (C=O) groups is 3. The molecule has 1 aromatic rings. The molecule has 37 heavy (non-hydrogen) atoms. The second-order valence-corrected chi connectivity index (χ2v) is 11.3. The average Bonchev–Trinajstić information content (AvgIpc) is 3.36. The fraction of sp³-hybridized carbons (Fsp3) is 0.583. The van der Waals surface area contributed by atoms with Gasteiger partial charge in [-0.3, -0.25) is 14.4 Å². The molecule has 6 N–H and O–H groups in total. The van der Waals surface area contributed by atoms with E-state index in [-0.39, 0.29) is 30.8 Å². The molecule has 3 amide bonds. The number of aliphatic imine (C=N–C) groups is 1. The smallest absolute Gasteiger partial charge is 0.262 e. The molecule has 2 aliphatic rings. The Kier molecular flexibility index (Phi) is 10.0. The minimum atomic E-state index is -3.64. The summed E-state index contributed by atoms with van der Waals surface area (Å²) in [4.78, 5) is 44.9. The van der Waals surface area contributed by atoms with E-state index in [4.69, 9.17) is 11.5 Å². The van der Waals surface area contributed by atoms with Gasteiger partial charge in [0.1, 0.15) is 12.1 Å². The van der Waals surface area contributed by atoms with Gasteiger partial charge in [0.2, 0.25) is 21.8 Å². The molecule has 2 saturated heterocycles. The lowest BCUT2D eigenvalue weighted by atomic mass is 9.97. The molecule has 13 heteroatoms. The van der Waals surface area contributed by atoms with Crippen LogP contribution in [0.2, 0.25) is 0 Å². The number of hydrogen-bond acceptors (Lipinski definition) is 6. The van der Waals surface area contributed by atoms with E-state index in [2.05, 4.69) is 15.0 Å². The first kappa shape index (κ1) is 28.5. The van der Waals surface area contributed by atoms with Crippen molar-refractivity contribution < 1.29 is 22.8 Å². The van der Waals surface area contributed by atoms with E-state index in [1.807, 2.05) is 35.2 Å². The van der Waals surface area contributed by atoms with Crippen LogP contribution in [0.25, 0.3) is 0 Å². The summed E-state index contributed by atoms with van der Waals surface area (Å²) < 4.78 is 26.4. The van der Waals surface area contributed by atoms with E-state index < -0.39 is 33.9 Å². The highest BCUT2D eigenvalue weighted by Gasteiger charge is 2.38. The number of nitrogens with zero attached hydrogens (tertiary/aromatic N) is 3. The number of benzene rings is 1. The van der Waals surface area contributed by atoms with Gasteiger partial charge in [-0.1, -0.05) is 30.3 Å². The molecule has 0 aromatic heterocycles. The zero-order valence-corrected chi connectivity index (χ0v) is 22.0. The van der Waals surface area contributed by atoms with E-state index in [0.29, 0.717) is 39.0 Å². The Labute approximate surface area is 217 Å². The lowest BCUT2D eigenvalue weighted by Gasteiger charge is -2.33.